The molecule has 1 aliphatic rings. The van der Waals surface area contributed by atoms with Crippen molar-refractivity contribution in [3.63, 3.8) is 0 Å². The minimum absolute atomic E-state index is 0.133. The average Bonchev–Trinajstić information content (AvgIpc) is 2.83. The molecule has 0 saturated heterocycles. The van der Waals surface area contributed by atoms with Crippen LogP contribution in [0.2, 0.25) is 5.02 Å². The lowest BCUT2D eigenvalue weighted by Crippen LogP contribution is -2.23. The zero-order chi connectivity index (χ0) is 13.0. The molecular formula is C15H21ClFN. The van der Waals surface area contributed by atoms with Gasteiger partial charge in [0.05, 0.1) is 0 Å². The quantitative estimate of drug-likeness (QED) is 0.846. The number of nitrogens with two attached hydrogens (primary N) is 1. The van der Waals surface area contributed by atoms with Gasteiger partial charge in [-0.05, 0) is 42.9 Å². The first-order valence-corrected chi connectivity index (χ1v) is 7.22. The topological polar surface area (TPSA) is 26.0 Å². The summed E-state index contributed by atoms with van der Waals surface area (Å²) in [5, 5.41) is 0.492. The first-order chi connectivity index (χ1) is 8.65. The lowest BCUT2D eigenvalue weighted by atomic mass is 9.95. The van der Waals surface area contributed by atoms with Gasteiger partial charge >= 0.3 is 0 Å². The Labute approximate surface area is 114 Å². The maximum absolute atomic E-state index is 12.9. The SMILES string of the molecule is NC(CCC1CCCC1)Cc1ccc(F)cc1Cl. The molecule has 2 rings (SSSR count). The van der Waals surface area contributed by atoms with E-state index in [9.17, 15) is 4.39 Å². The third kappa shape index (κ3) is 3.96. The second-order valence-corrected chi connectivity index (χ2v) is 5.83. The second kappa shape index (κ2) is 6.53. The summed E-state index contributed by atoms with van der Waals surface area (Å²) in [4.78, 5) is 0. The zero-order valence-corrected chi connectivity index (χ0v) is 11.4. The molecule has 2 N–H and O–H groups in total. The van der Waals surface area contributed by atoms with E-state index in [0.717, 1.165) is 24.3 Å². The summed E-state index contributed by atoms with van der Waals surface area (Å²) in [5.41, 5.74) is 7.09. The van der Waals surface area contributed by atoms with Crippen LogP contribution in [0.15, 0.2) is 18.2 Å². The van der Waals surface area contributed by atoms with Gasteiger partial charge in [0.15, 0.2) is 0 Å². The Morgan fingerprint density at radius 3 is 2.72 bits per heavy atom. The molecule has 3 heteroatoms. The van der Waals surface area contributed by atoms with Gasteiger partial charge in [-0.25, -0.2) is 4.39 Å². The van der Waals surface area contributed by atoms with Crippen molar-refractivity contribution in [1.82, 2.24) is 0 Å². The number of halogens is 2. The van der Waals surface area contributed by atoms with Crippen LogP contribution in [-0.4, -0.2) is 6.04 Å². The van der Waals surface area contributed by atoms with E-state index in [2.05, 4.69) is 0 Å². The normalized spacial score (nSPS) is 18.2. The monoisotopic (exact) mass is 269 g/mol. The summed E-state index contributed by atoms with van der Waals surface area (Å²) >= 11 is 6.01. The van der Waals surface area contributed by atoms with Crippen LogP contribution in [0.5, 0.6) is 0 Å². The minimum atomic E-state index is -0.289. The van der Waals surface area contributed by atoms with Crippen LogP contribution in [0.1, 0.15) is 44.1 Å². The number of hydrogen-bond donors (Lipinski definition) is 1. The fourth-order valence-corrected chi connectivity index (χ4v) is 3.06. The van der Waals surface area contributed by atoms with Crippen molar-refractivity contribution in [3.05, 3.63) is 34.6 Å². The second-order valence-electron chi connectivity index (χ2n) is 5.43. The van der Waals surface area contributed by atoms with Crippen LogP contribution in [0.25, 0.3) is 0 Å². The van der Waals surface area contributed by atoms with Crippen molar-refractivity contribution in [2.24, 2.45) is 11.7 Å². The molecule has 1 aromatic carbocycles. The van der Waals surface area contributed by atoms with Crippen molar-refractivity contribution >= 4 is 11.6 Å². The number of hydrogen-bond acceptors (Lipinski definition) is 1. The highest BCUT2D eigenvalue weighted by molar-refractivity contribution is 6.31. The maximum atomic E-state index is 12.9. The fraction of sp³-hybridized carbons (Fsp3) is 0.600. The van der Waals surface area contributed by atoms with E-state index in [-0.39, 0.29) is 11.9 Å². The molecule has 0 radical (unpaired) electrons. The Balaban J connectivity index is 1.80. The van der Waals surface area contributed by atoms with Crippen molar-refractivity contribution in [2.45, 2.75) is 51.0 Å². The lowest BCUT2D eigenvalue weighted by molar-refractivity contribution is 0.447. The number of rotatable bonds is 5. The van der Waals surface area contributed by atoms with E-state index in [1.165, 1.54) is 44.2 Å². The molecule has 1 atom stereocenters. The van der Waals surface area contributed by atoms with Crippen LogP contribution in [0.3, 0.4) is 0 Å². The molecule has 1 aromatic rings. The van der Waals surface area contributed by atoms with Gasteiger partial charge in [0.1, 0.15) is 5.82 Å². The van der Waals surface area contributed by atoms with E-state index in [1.54, 1.807) is 6.07 Å². The van der Waals surface area contributed by atoms with Gasteiger partial charge < -0.3 is 5.73 Å². The smallest absolute Gasteiger partial charge is 0.124 e. The maximum Gasteiger partial charge on any atom is 0.124 e. The van der Waals surface area contributed by atoms with Crippen molar-refractivity contribution in [1.29, 1.82) is 0 Å². The Hall–Kier alpha value is -0.600. The first-order valence-electron chi connectivity index (χ1n) is 6.84. The molecule has 18 heavy (non-hydrogen) atoms. The van der Waals surface area contributed by atoms with Gasteiger partial charge in [0.2, 0.25) is 0 Å². The van der Waals surface area contributed by atoms with E-state index in [4.69, 9.17) is 17.3 Å². The Morgan fingerprint density at radius 2 is 2.06 bits per heavy atom. The van der Waals surface area contributed by atoms with E-state index in [0.29, 0.717) is 5.02 Å². The molecular weight excluding hydrogens is 249 g/mol. The first kappa shape index (κ1) is 13.8. The highest BCUT2D eigenvalue weighted by Crippen LogP contribution is 2.29. The minimum Gasteiger partial charge on any atom is -0.327 e. The van der Waals surface area contributed by atoms with Crippen LogP contribution in [-0.2, 0) is 6.42 Å². The van der Waals surface area contributed by atoms with Crippen LogP contribution < -0.4 is 5.73 Å². The summed E-state index contributed by atoms with van der Waals surface area (Å²) in [6.07, 6.45) is 8.49. The van der Waals surface area contributed by atoms with Gasteiger partial charge in [-0.3, -0.25) is 0 Å². The van der Waals surface area contributed by atoms with Gasteiger partial charge in [-0.2, -0.15) is 0 Å². The zero-order valence-electron chi connectivity index (χ0n) is 10.7. The highest BCUT2D eigenvalue weighted by atomic mass is 35.5. The molecule has 1 saturated carbocycles. The van der Waals surface area contributed by atoms with Crippen molar-refractivity contribution in [2.75, 3.05) is 0 Å². The van der Waals surface area contributed by atoms with E-state index >= 15 is 0 Å². The van der Waals surface area contributed by atoms with Crippen LogP contribution >= 0.6 is 11.6 Å². The van der Waals surface area contributed by atoms with E-state index in [1.807, 2.05) is 0 Å². The molecule has 1 unspecified atom stereocenters. The lowest BCUT2D eigenvalue weighted by Gasteiger charge is -2.15. The Morgan fingerprint density at radius 1 is 1.33 bits per heavy atom. The number of benzene rings is 1. The Kier molecular flexibility index (Phi) is 5.02. The third-order valence-corrected chi connectivity index (χ3v) is 4.27. The largest absolute Gasteiger partial charge is 0.327 e. The van der Waals surface area contributed by atoms with Gasteiger partial charge in [0, 0.05) is 11.1 Å². The predicted octanol–water partition coefficient (Wildman–Crippen LogP) is 4.32. The third-order valence-electron chi connectivity index (χ3n) is 3.92. The molecule has 0 spiro atoms. The summed E-state index contributed by atoms with van der Waals surface area (Å²) < 4.78 is 12.9. The molecule has 100 valence electrons. The average molecular weight is 270 g/mol. The van der Waals surface area contributed by atoms with Crippen LogP contribution in [0, 0.1) is 11.7 Å². The Bertz CT molecular complexity index is 388. The van der Waals surface area contributed by atoms with Gasteiger partial charge in [-0.1, -0.05) is 43.4 Å². The molecule has 1 fully saturated rings. The van der Waals surface area contributed by atoms with Gasteiger partial charge in [-0.15, -0.1) is 0 Å². The molecule has 0 heterocycles. The molecule has 0 bridgehead atoms. The molecule has 0 aliphatic heterocycles. The van der Waals surface area contributed by atoms with Crippen molar-refractivity contribution in [3.8, 4) is 0 Å². The van der Waals surface area contributed by atoms with Crippen LogP contribution in [0.4, 0.5) is 4.39 Å². The molecule has 0 amide bonds. The van der Waals surface area contributed by atoms with Crippen molar-refractivity contribution < 1.29 is 4.39 Å². The molecule has 1 aliphatic carbocycles. The summed E-state index contributed by atoms with van der Waals surface area (Å²) in [6, 6.07) is 4.69. The summed E-state index contributed by atoms with van der Waals surface area (Å²) in [7, 11) is 0. The van der Waals surface area contributed by atoms with E-state index < -0.39 is 0 Å². The standard InChI is InChI=1S/C15H21ClFN/c16-15-10-13(17)7-6-12(15)9-14(18)8-5-11-3-1-2-4-11/h6-7,10-11,14H,1-5,8-9,18H2. The molecule has 1 nitrogen and oxygen atoms in total. The fourth-order valence-electron chi connectivity index (χ4n) is 2.82. The predicted molar refractivity (Wildman–Crippen MR) is 74.3 cm³/mol. The summed E-state index contributed by atoms with van der Waals surface area (Å²) in [5.74, 6) is 0.586. The summed E-state index contributed by atoms with van der Waals surface area (Å²) in [6.45, 7) is 0. The molecule has 0 aromatic heterocycles. The highest BCUT2D eigenvalue weighted by Gasteiger charge is 2.16. The van der Waals surface area contributed by atoms with Gasteiger partial charge in [0.25, 0.3) is 0 Å².